The van der Waals surface area contributed by atoms with Gasteiger partial charge in [-0.15, -0.1) is 11.8 Å². The fourth-order valence-corrected chi connectivity index (χ4v) is 3.26. The van der Waals surface area contributed by atoms with Crippen LogP contribution in [0, 0.1) is 5.82 Å². The number of thioether (sulfide) groups is 1. The van der Waals surface area contributed by atoms with Gasteiger partial charge in [-0.05, 0) is 30.7 Å². The standard InChI is InChI=1S/C15H14ClFOS/c1-10(18)15-13(17)7-4-8-14(15)19-9-11-5-2-3-6-12(11)16/h2-8,10,18H,9H2,1H3. The van der Waals surface area contributed by atoms with Gasteiger partial charge in [-0.2, -0.15) is 0 Å². The number of aliphatic hydroxyl groups is 1. The van der Waals surface area contributed by atoms with Crippen molar-refractivity contribution in [1.29, 1.82) is 0 Å². The van der Waals surface area contributed by atoms with Gasteiger partial charge in [0.1, 0.15) is 5.82 Å². The van der Waals surface area contributed by atoms with E-state index in [0.29, 0.717) is 16.3 Å². The third-order valence-electron chi connectivity index (χ3n) is 2.77. The van der Waals surface area contributed by atoms with Crippen LogP contribution in [-0.2, 0) is 5.75 Å². The largest absolute Gasteiger partial charge is 0.389 e. The van der Waals surface area contributed by atoms with E-state index in [1.54, 1.807) is 13.0 Å². The first-order valence-electron chi connectivity index (χ1n) is 5.92. The van der Waals surface area contributed by atoms with Crippen molar-refractivity contribution in [3.8, 4) is 0 Å². The average Bonchev–Trinajstić information content (AvgIpc) is 2.37. The monoisotopic (exact) mass is 296 g/mol. The minimum Gasteiger partial charge on any atom is -0.389 e. The molecule has 19 heavy (non-hydrogen) atoms. The van der Waals surface area contributed by atoms with Crippen LogP contribution in [0.2, 0.25) is 5.02 Å². The molecule has 0 aliphatic heterocycles. The molecule has 1 N–H and O–H groups in total. The number of hydrogen-bond acceptors (Lipinski definition) is 2. The molecule has 0 aliphatic rings. The Hall–Kier alpha value is -1.03. The molecule has 0 aliphatic carbocycles. The number of rotatable bonds is 4. The van der Waals surface area contributed by atoms with Gasteiger partial charge in [0.2, 0.25) is 0 Å². The molecule has 0 aromatic heterocycles. The minimum absolute atomic E-state index is 0.347. The smallest absolute Gasteiger partial charge is 0.130 e. The van der Waals surface area contributed by atoms with Crippen LogP contribution in [0.15, 0.2) is 47.4 Å². The van der Waals surface area contributed by atoms with Crippen LogP contribution in [0.5, 0.6) is 0 Å². The van der Waals surface area contributed by atoms with E-state index in [4.69, 9.17) is 11.6 Å². The first kappa shape index (κ1) is 14.4. The van der Waals surface area contributed by atoms with E-state index in [9.17, 15) is 9.50 Å². The van der Waals surface area contributed by atoms with Crippen LogP contribution in [0.25, 0.3) is 0 Å². The summed E-state index contributed by atoms with van der Waals surface area (Å²) in [4.78, 5) is 0.745. The minimum atomic E-state index is -0.824. The molecule has 1 unspecified atom stereocenters. The van der Waals surface area contributed by atoms with Gasteiger partial charge in [-0.3, -0.25) is 0 Å². The van der Waals surface area contributed by atoms with Crippen molar-refractivity contribution >= 4 is 23.4 Å². The van der Waals surface area contributed by atoms with Crippen molar-refractivity contribution < 1.29 is 9.50 Å². The van der Waals surface area contributed by atoms with Gasteiger partial charge in [0.25, 0.3) is 0 Å². The molecule has 4 heteroatoms. The Kier molecular flexibility index (Phi) is 4.86. The third-order valence-corrected chi connectivity index (χ3v) is 4.26. The number of aliphatic hydroxyl groups excluding tert-OH is 1. The van der Waals surface area contributed by atoms with Crippen molar-refractivity contribution in [1.82, 2.24) is 0 Å². The van der Waals surface area contributed by atoms with E-state index < -0.39 is 6.10 Å². The highest BCUT2D eigenvalue weighted by atomic mass is 35.5. The van der Waals surface area contributed by atoms with Crippen molar-refractivity contribution in [2.75, 3.05) is 0 Å². The lowest BCUT2D eigenvalue weighted by Crippen LogP contribution is -1.98. The van der Waals surface area contributed by atoms with E-state index >= 15 is 0 Å². The molecule has 0 heterocycles. The summed E-state index contributed by atoms with van der Waals surface area (Å²) in [5.74, 6) is 0.266. The Morgan fingerprint density at radius 1 is 1.21 bits per heavy atom. The predicted molar refractivity (Wildman–Crippen MR) is 78.0 cm³/mol. The molecule has 0 spiro atoms. The quantitative estimate of drug-likeness (QED) is 0.816. The second-order valence-electron chi connectivity index (χ2n) is 4.21. The lowest BCUT2D eigenvalue weighted by atomic mass is 10.1. The molecule has 100 valence electrons. The lowest BCUT2D eigenvalue weighted by molar-refractivity contribution is 0.191. The van der Waals surface area contributed by atoms with E-state index in [1.807, 2.05) is 30.3 Å². The van der Waals surface area contributed by atoms with Gasteiger partial charge in [0.15, 0.2) is 0 Å². The first-order valence-corrected chi connectivity index (χ1v) is 7.28. The molecule has 0 saturated carbocycles. The normalized spacial score (nSPS) is 12.4. The van der Waals surface area contributed by atoms with E-state index in [-0.39, 0.29) is 5.82 Å². The van der Waals surface area contributed by atoms with Gasteiger partial charge >= 0.3 is 0 Å². The van der Waals surface area contributed by atoms with Crippen molar-refractivity contribution in [3.63, 3.8) is 0 Å². The SMILES string of the molecule is CC(O)c1c(F)cccc1SCc1ccccc1Cl. The van der Waals surface area contributed by atoms with E-state index in [1.165, 1.54) is 17.8 Å². The van der Waals surface area contributed by atoms with Crippen LogP contribution < -0.4 is 0 Å². The molecule has 1 atom stereocenters. The summed E-state index contributed by atoms with van der Waals surface area (Å²) in [6.45, 7) is 1.57. The van der Waals surface area contributed by atoms with Crippen molar-refractivity contribution in [2.45, 2.75) is 23.7 Å². The van der Waals surface area contributed by atoms with E-state index in [0.717, 1.165) is 10.5 Å². The highest BCUT2D eigenvalue weighted by Crippen LogP contribution is 2.33. The van der Waals surface area contributed by atoms with Crippen LogP contribution in [-0.4, -0.2) is 5.11 Å². The highest BCUT2D eigenvalue weighted by molar-refractivity contribution is 7.98. The van der Waals surface area contributed by atoms with Gasteiger partial charge in [0.05, 0.1) is 6.10 Å². The molecular formula is C15H14ClFOS. The maximum atomic E-state index is 13.7. The Morgan fingerprint density at radius 2 is 1.95 bits per heavy atom. The van der Waals surface area contributed by atoms with Crippen LogP contribution in [0.1, 0.15) is 24.2 Å². The zero-order chi connectivity index (χ0) is 13.8. The Morgan fingerprint density at radius 3 is 2.63 bits per heavy atom. The molecule has 2 rings (SSSR count). The molecule has 1 nitrogen and oxygen atoms in total. The van der Waals surface area contributed by atoms with Gasteiger partial charge < -0.3 is 5.11 Å². The summed E-state index contributed by atoms with van der Waals surface area (Å²) in [6, 6.07) is 12.4. The number of halogens is 2. The zero-order valence-corrected chi connectivity index (χ0v) is 12.0. The summed E-state index contributed by atoms with van der Waals surface area (Å²) in [5.41, 5.74) is 1.34. The maximum absolute atomic E-state index is 13.7. The Bertz CT molecular complexity index is 572. The molecule has 0 fully saturated rings. The first-order chi connectivity index (χ1) is 9.09. The molecule has 2 aromatic carbocycles. The number of hydrogen-bond donors (Lipinski definition) is 1. The molecule has 0 saturated heterocycles. The molecule has 0 bridgehead atoms. The summed E-state index contributed by atoms with van der Waals surface area (Å²) in [6.07, 6.45) is -0.824. The Labute approximate surface area is 121 Å². The second-order valence-corrected chi connectivity index (χ2v) is 5.63. The summed E-state index contributed by atoms with van der Waals surface area (Å²) in [5, 5.41) is 10.4. The zero-order valence-electron chi connectivity index (χ0n) is 10.4. The lowest BCUT2D eigenvalue weighted by Gasteiger charge is -2.13. The fourth-order valence-electron chi connectivity index (χ4n) is 1.82. The van der Waals surface area contributed by atoms with Crippen LogP contribution in [0.4, 0.5) is 4.39 Å². The second kappa shape index (κ2) is 6.42. The molecule has 2 aromatic rings. The summed E-state index contributed by atoms with van der Waals surface area (Å²) in [7, 11) is 0. The van der Waals surface area contributed by atoms with Gasteiger partial charge in [0, 0.05) is 21.2 Å². The molecule has 0 amide bonds. The van der Waals surface area contributed by atoms with E-state index in [2.05, 4.69) is 0 Å². The summed E-state index contributed by atoms with van der Waals surface area (Å²) < 4.78 is 13.7. The van der Waals surface area contributed by atoms with Gasteiger partial charge in [-0.1, -0.05) is 35.9 Å². The maximum Gasteiger partial charge on any atom is 0.130 e. The third kappa shape index (κ3) is 3.50. The number of benzene rings is 2. The molecule has 0 radical (unpaired) electrons. The van der Waals surface area contributed by atoms with Crippen molar-refractivity contribution in [3.05, 3.63) is 64.4 Å². The summed E-state index contributed by atoms with van der Waals surface area (Å²) >= 11 is 7.56. The fraction of sp³-hybridized carbons (Fsp3) is 0.200. The highest BCUT2D eigenvalue weighted by Gasteiger charge is 2.14. The van der Waals surface area contributed by atoms with Crippen LogP contribution in [0.3, 0.4) is 0 Å². The van der Waals surface area contributed by atoms with Crippen LogP contribution >= 0.6 is 23.4 Å². The Balaban J connectivity index is 2.21. The predicted octanol–water partition coefficient (Wildman–Crippen LogP) is 4.82. The average molecular weight is 297 g/mol. The van der Waals surface area contributed by atoms with Gasteiger partial charge in [-0.25, -0.2) is 4.39 Å². The van der Waals surface area contributed by atoms with Crippen molar-refractivity contribution in [2.24, 2.45) is 0 Å². The topological polar surface area (TPSA) is 20.2 Å². The molecular weight excluding hydrogens is 283 g/mol.